The molecule has 0 aliphatic carbocycles. The summed E-state index contributed by atoms with van der Waals surface area (Å²) in [5.41, 5.74) is 1.19. The van der Waals surface area contributed by atoms with Crippen molar-refractivity contribution in [3.63, 3.8) is 0 Å². The van der Waals surface area contributed by atoms with Crippen LogP contribution in [0.3, 0.4) is 0 Å². The molecule has 0 unspecified atom stereocenters. The van der Waals surface area contributed by atoms with Crippen LogP contribution in [0, 0.1) is 5.92 Å². The van der Waals surface area contributed by atoms with Gasteiger partial charge in [-0.2, -0.15) is 0 Å². The summed E-state index contributed by atoms with van der Waals surface area (Å²) in [6.45, 7) is 4.84. The Hall–Kier alpha value is -2.30. The third-order valence-electron chi connectivity index (χ3n) is 4.11. The number of unbranched alkanes of at least 4 members (excludes halogenated alkanes) is 2. The zero-order valence-electron chi connectivity index (χ0n) is 14.9. The summed E-state index contributed by atoms with van der Waals surface area (Å²) in [6.07, 6.45) is 4.24. The lowest BCUT2D eigenvalue weighted by molar-refractivity contribution is -0.137. The molecule has 1 N–H and O–H groups in total. The molecule has 5 heteroatoms. The van der Waals surface area contributed by atoms with Crippen LogP contribution < -0.4 is 10.4 Å². The highest BCUT2D eigenvalue weighted by Crippen LogP contribution is 2.29. The largest absolute Gasteiger partial charge is 0.493 e. The van der Waals surface area contributed by atoms with E-state index in [1.807, 2.05) is 12.1 Å². The lowest BCUT2D eigenvalue weighted by Gasteiger charge is -2.14. The monoisotopic (exact) mass is 346 g/mol. The predicted molar refractivity (Wildman–Crippen MR) is 97.2 cm³/mol. The van der Waals surface area contributed by atoms with Gasteiger partial charge in [0.25, 0.3) is 0 Å². The molecule has 0 aliphatic rings. The number of aryl methyl sites for hydroxylation is 1. The minimum atomic E-state index is -0.763. The predicted octanol–water partition coefficient (Wildman–Crippen LogP) is 4.41. The van der Waals surface area contributed by atoms with E-state index in [1.54, 1.807) is 6.07 Å². The molecule has 0 bridgehead atoms. The van der Waals surface area contributed by atoms with Gasteiger partial charge in [0, 0.05) is 23.4 Å². The van der Waals surface area contributed by atoms with Crippen LogP contribution in [0.2, 0.25) is 0 Å². The van der Waals surface area contributed by atoms with Gasteiger partial charge in [0.2, 0.25) is 0 Å². The zero-order chi connectivity index (χ0) is 18.2. The van der Waals surface area contributed by atoms with Crippen molar-refractivity contribution in [2.24, 2.45) is 5.92 Å². The first kappa shape index (κ1) is 19.0. The molecule has 1 aromatic heterocycles. The normalized spacial score (nSPS) is 11.2. The highest BCUT2D eigenvalue weighted by molar-refractivity contribution is 5.82. The average molecular weight is 346 g/mol. The van der Waals surface area contributed by atoms with E-state index in [4.69, 9.17) is 14.3 Å². The van der Waals surface area contributed by atoms with E-state index in [9.17, 15) is 9.59 Å². The van der Waals surface area contributed by atoms with Crippen LogP contribution in [0.4, 0.5) is 0 Å². The van der Waals surface area contributed by atoms with Crippen LogP contribution in [0.25, 0.3) is 11.0 Å². The molecule has 0 spiro atoms. The first-order valence-corrected chi connectivity index (χ1v) is 8.87. The van der Waals surface area contributed by atoms with Crippen molar-refractivity contribution >= 4 is 16.9 Å². The molecule has 5 nitrogen and oxygen atoms in total. The number of carboxylic acids is 1. The van der Waals surface area contributed by atoms with Crippen molar-refractivity contribution in [1.29, 1.82) is 0 Å². The number of hydrogen-bond acceptors (Lipinski definition) is 4. The minimum absolute atomic E-state index is 0.195. The van der Waals surface area contributed by atoms with E-state index in [2.05, 4.69) is 13.8 Å². The molecule has 0 amide bonds. The molecule has 0 saturated heterocycles. The fraction of sp³-hybridized carbons (Fsp3) is 0.500. The van der Waals surface area contributed by atoms with Gasteiger partial charge in [-0.25, -0.2) is 4.79 Å². The van der Waals surface area contributed by atoms with Gasteiger partial charge in [0.1, 0.15) is 11.3 Å². The van der Waals surface area contributed by atoms with Gasteiger partial charge in [0.15, 0.2) is 0 Å². The molecular weight excluding hydrogens is 320 g/mol. The topological polar surface area (TPSA) is 76.7 Å². The van der Waals surface area contributed by atoms with E-state index in [0.717, 1.165) is 42.4 Å². The van der Waals surface area contributed by atoms with Gasteiger partial charge in [-0.05, 0) is 56.2 Å². The third kappa shape index (κ3) is 5.93. The molecule has 1 aromatic carbocycles. The highest BCUT2D eigenvalue weighted by Gasteiger charge is 2.12. The average Bonchev–Trinajstić information content (AvgIpc) is 2.56. The molecule has 0 saturated carbocycles. The molecule has 2 aromatic rings. The summed E-state index contributed by atoms with van der Waals surface area (Å²) in [4.78, 5) is 22.1. The van der Waals surface area contributed by atoms with Gasteiger partial charge in [0.05, 0.1) is 6.61 Å². The summed E-state index contributed by atoms with van der Waals surface area (Å²) < 4.78 is 11.4. The first-order valence-electron chi connectivity index (χ1n) is 8.87. The third-order valence-corrected chi connectivity index (χ3v) is 4.11. The van der Waals surface area contributed by atoms with Crippen molar-refractivity contribution in [3.05, 3.63) is 40.2 Å². The smallest absolute Gasteiger partial charge is 0.336 e. The van der Waals surface area contributed by atoms with E-state index in [1.165, 1.54) is 6.07 Å². The molecule has 2 rings (SSSR count). The summed E-state index contributed by atoms with van der Waals surface area (Å²) >= 11 is 0. The number of benzene rings is 1. The Bertz CT molecular complexity index is 760. The Kier molecular flexibility index (Phi) is 7.04. The van der Waals surface area contributed by atoms with Crippen molar-refractivity contribution in [1.82, 2.24) is 0 Å². The Labute approximate surface area is 147 Å². The van der Waals surface area contributed by atoms with Crippen molar-refractivity contribution in [3.8, 4) is 5.75 Å². The molecule has 1 heterocycles. The van der Waals surface area contributed by atoms with E-state index in [0.29, 0.717) is 24.5 Å². The number of fused-ring (bicyclic) bond motifs is 1. The summed E-state index contributed by atoms with van der Waals surface area (Å²) in [7, 11) is 0. The Morgan fingerprint density at radius 2 is 1.92 bits per heavy atom. The highest BCUT2D eigenvalue weighted by atomic mass is 16.5. The number of hydrogen-bond donors (Lipinski definition) is 1. The SMILES string of the molecule is CC(C)CCc1c(OCCCCCC(=O)O)ccc2ccc(=O)oc12. The molecule has 0 aliphatic heterocycles. The summed E-state index contributed by atoms with van der Waals surface area (Å²) in [6, 6.07) is 7.03. The number of aliphatic carboxylic acids is 1. The van der Waals surface area contributed by atoms with Gasteiger partial charge in [-0.3, -0.25) is 4.79 Å². The van der Waals surface area contributed by atoms with E-state index >= 15 is 0 Å². The number of carboxylic acid groups (broad SMARTS) is 1. The zero-order valence-corrected chi connectivity index (χ0v) is 14.9. The second kappa shape index (κ2) is 9.25. The molecule has 25 heavy (non-hydrogen) atoms. The van der Waals surface area contributed by atoms with Gasteiger partial charge in [-0.15, -0.1) is 0 Å². The van der Waals surface area contributed by atoms with Crippen LogP contribution in [-0.4, -0.2) is 17.7 Å². The fourth-order valence-electron chi connectivity index (χ4n) is 2.71. The molecule has 0 atom stereocenters. The van der Waals surface area contributed by atoms with Crippen molar-refractivity contribution in [2.75, 3.05) is 6.61 Å². The Morgan fingerprint density at radius 1 is 1.16 bits per heavy atom. The maximum atomic E-state index is 11.6. The van der Waals surface area contributed by atoms with Gasteiger partial charge < -0.3 is 14.3 Å². The first-order chi connectivity index (χ1) is 12.0. The van der Waals surface area contributed by atoms with E-state index in [-0.39, 0.29) is 12.0 Å². The van der Waals surface area contributed by atoms with Crippen LogP contribution >= 0.6 is 0 Å². The van der Waals surface area contributed by atoms with Gasteiger partial charge >= 0.3 is 11.6 Å². The Morgan fingerprint density at radius 3 is 2.64 bits per heavy atom. The lowest BCUT2D eigenvalue weighted by Crippen LogP contribution is -2.04. The van der Waals surface area contributed by atoms with E-state index < -0.39 is 5.97 Å². The molecular formula is C20H26O5. The molecule has 136 valence electrons. The summed E-state index contributed by atoms with van der Waals surface area (Å²) in [5.74, 6) is 0.525. The van der Waals surface area contributed by atoms with Crippen LogP contribution in [0.15, 0.2) is 33.5 Å². The standard InChI is InChI=1S/C20H26O5/c1-14(2)7-10-16-17(24-13-5-3-4-6-18(21)22)11-8-15-9-12-19(23)25-20(15)16/h8-9,11-12,14H,3-7,10,13H2,1-2H3,(H,21,22). The summed E-state index contributed by atoms with van der Waals surface area (Å²) in [5, 5.41) is 9.54. The Balaban J connectivity index is 2.10. The minimum Gasteiger partial charge on any atom is -0.493 e. The maximum Gasteiger partial charge on any atom is 0.336 e. The van der Waals surface area contributed by atoms with Gasteiger partial charge in [-0.1, -0.05) is 13.8 Å². The maximum absolute atomic E-state index is 11.6. The molecule has 0 radical (unpaired) electrons. The van der Waals surface area contributed by atoms with Crippen LogP contribution in [0.1, 0.15) is 51.5 Å². The lowest BCUT2D eigenvalue weighted by atomic mass is 10.00. The van der Waals surface area contributed by atoms with Crippen molar-refractivity contribution in [2.45, 2.75) is 52.4 Å². The van der Waals surface area contributed by atoms with Crippen LogP contribution in [0.5, 0.6) is 5.75 Å². The second-order valence-electron chi connectivity index (χ2n) is 6.70. The number of ether oxygens (including phenoxy) is 1. The van der Waals surface area contributed by atoms with Crippen molar-refractivity contribution < 1.29 is 19.1 Å². The second-order valence-corrected chi connectivity index (χ2v) is 6.70. The number of carbonyl (C=O) groups is 1. The fourth-order valence-corrected chi connectivity index (χ4v) is 2.71. The molecule has 0 fully saturated rings. The quantitative estimate of drug-likeness (QED) is 0.509. The van der Waals surface area contributed by atoms with Crippen LogP contribution in [-0.2, 0) is 11.2 Å². The number of rotatable bonds is 10.